The molecule has 0 radical (unpaired) electrons. The number of ether oxygens (including phenoxy) is 2. The molecule has 3 aromatic rings. The highest BCUT2D eigenvalue weighted by Gasteiger charge is 2.22. The van der Waals surface area contributed by atoms with E-state index < -0.39 is 0 Å². The molecule has 0 atom stereocenters. The van der Waals surface area contributed by atoms with Gasteiger partial charge in [0.25, 0.3) is 11.8 Å². The monoisotopic (exact) mass is 455 g/mol. The molecule has 8 heteroatoms. The molecule has 0 spiro atoms. The molecule has 168 valence electrons. The van der Waals surface area contributed by atoms with E-state index in [1.54, 1.807) is 38.4 Å². The van der Waals surface area contributed by atoms with Crippen LogP contribution in [0.15, 0.2) is 42.5 Å². The summed E-state index contributed by atoms with van der Waals surface area (Å²) in [5.41, 5.74) is 3.61. The lowest BCUT2D eigenvalue weighted by molar-refractivity contribution is 0.0828. The number of carbonyl (C=O) groups excluding carboxylic acids is 2. The largest absolute Gasteiger partial charge is 0.493 e. The van der Waals surface area contributed by atoms with E-state index in [1.807, 2.05) is 36.6 Å². The van der Waals surface area contributed by atoms with Crippen molar-refractivity contribution in [3.8, 4) is 17.2 Å². The number of hydrogen-bond donors (Lipinski definition) is 1. The van der Waals surface area contributed by atoms with Crippen molar-refractivity contribution in [2.75, 3.05) is 33.6 Å². The second-order valence-electron chi connectivity index (χ2n) is 7.51. The highest BCUT2D eigenvalue weighted by atomic mass is 35.5. The van der Waals surface area contributed by atoms with Gasteiger partial charge in [-0.15, -0.1) is 0 Å². The topological polar surface area (TPSA) is 72.8 Å². The number of aromatic nitrogens is 1. The van der Waals surface area contributed by atoms with Crippen molar-refractivity contribution in [3.05, 3.63) is 70.0 Å². The number of halogens is 1. The van der Waals surface area contributed by atoms with Crippen molar-refractivity contribution in [2.45, 2.75) is 13.8 Å². The van der Waals surface area contributed by atoms with Crippen molar-refractivity contribution in [3.63, 3.8) is 0 Å². The molecule has 1 aromatic heterocycles. The van der Waals surface area contributed by atoms with Crippen LogP contribution in [-0.2, 0) is 0 Å². The number of methoxy groups -OCH3 is 2. The number of hydrogen-bond acceptors (Lipinski definition) is 4. The quantitative estimate of drug-likeness (QED) is 0.583. The van der Waals surface area contributed by atoms with Crippen molar-refractivity contribution < 1.29 is 19.1 Å². The van der Waals surface area contributed by atoms with E-state index in [9.17, 15) is 9.59 Å². The van der Waals surface area contributed by atoms with Gasteiger partial charge in [-0.05, 0) is 44.2 Å². The Bertz CT molecular complexity index is 1180. The lowest BCUT2D eigenvalue weighted by Gasteiger charge is -2.18. The summed E-state index contributed by atoms with van der Waals surface area (Å²) in [6.07, 6.45) is 0. The number of benzene rings is 2. The molecule has 0 unspecified atom stereocenters. The third-order valence-electron chi connectivity index (χ3n) is 5.15. The van der Waals surface area contributed by atoms with Gasteiger partial charge >= 0.3 is 0 Å². The molecule has 3 rings (SSSR count). The summed E-state index contributed by atoms with van der Waals surface area (Å²) >= 11 is 6.15. The first-order valence-electron chi connectivity index (χ1n) is 9.91. The molecule has 0 saturated carbocycles. The lowest BCUT2D eigenvalue weighted by Crippen LogP contribution is -2.24. The van der Waals surface area contributed by atoms with Crippen LogP contribution in [0.1, 0.15) is 32.1 Å². The van der Waals surface area contributed by atoms with Gasteiger partial charge in [0.2, 0.25) is 0 Å². The summed E-state index contributed by atoms with van der Waals surface area (Å²) in [4.78, 5) is 27.4. The van der Waals surface area contributed by atoms with Crippen LogP contribution in [0.2, 0.25) is 5.02 Å². The summed E-state index contributed by atoms with van der Waals surface area (Å²) in [5, 5.41) is 3.48. The first-order valence-corrected chi connectivity index (χ1v) is 10.3. The van der Waals surface area contributed by atoms with Crippen LogP contribution in [0.4, 0.5) is 5.69 Å². The smallest absolute Gasteiger partial charge is 0.257 e. The fraction of sp³-hybridized carbons (Fsp3) is 0.250. The number of nitrogens with one attached hydrogen (secondary N) is 1. The molecule has 0 bridgehead atoms. The van der Waals surface area contributed by atoms with Gasteiger partial charge < -0.3 is 24.3 Å². The Labute approximate surface area is 192 Å². The fourth-order valence-electron chi connectivity index (χ4n) is 3.60. The van der Waals surface area contributed by atoms with Crippen molar-refractivity contribution in [1.82, 2.24) is 9.47 Å². The van der Waals surface area contributed by atoms with E-state index in [0.29, 0.717) is 33.3 Å². The van der Waals surface area contributed by atoms with Crippen LogP contribution < -0.4 is 14.8 Å². The van der Waals surface area contributed by atoms with Gasteiger partial charge in [-0.2, -0.15) is 0 Å². The van der Waals surface area contributed by atoms with Gasteiger partial charge in [0.15, 0.2) is 11.5 Å². The molecule has 0 aliphatic carbocycles. The summed E-state index contributed by atoms with van der Waals surface area (Å²) in [6.45, 7) is 3.78. The Balaban J connectivity index is 2.04. The second-order valence-corrected chi connectivity index (χ2v) is 7.94. The normalized spacial score (nSPS) is 10.6. The van der Waals surface area contributed by atoms with Crippen molar-refractivity contribution in [2.24, 2.45) is 0 Å². The zero-order valence-corrected chi connectivity index (χ0v) is 19.7. The molecular formula is C24H26ClN3O4. The lowest BCUT2D eigenvalue weighted by atomic mass is 10.1. The van der Waals surface area contributed by atoms with Crippen LogP contribution in [-0.4, -0.2) is 49.6 Å². The van der Waals surface area contributed by atoms with E-state index >= 15 is 0 Å². The molecule has 0 fully saturated rings. The Morgan fingerprint density at radius 1 is 0.969 bits per heavy atom. The van der Waals surface area contributed by atoms with Gasteiger partial charge in [0.1, 0.15) is 0 Å². The Kier molecular flexibility index (Phi) is 6.79. The van der Waals surface area contributed by atoms with Gasteiger partial charge in [0.05, 0.1) is 31.0 Å². The van der Waals surface area contributed by atoms with Crippen LogP contribution in [0.5, 0.6) is 11.5 Å². The third-order valence-corrected chi connectivity index (χ3v) is 5.39. The molecule has 1 heterocycles. The molecule has 32 heavy (non-hydrogen) atoms. The molecule has 0 saturated heterocycles. The number of carbonyl (C=O) groups is 2. The fourth-order valence-corrected chi connectivity index (χ4v) is 3.78. The summed E-state index contributed by atoms with van der Waals surface area (Å²) in [5.74, 6) is 0.189. The minimum Gasteiger partial charge on any atom is -0.493 e. The predicted octanol–water partition coefficient (Wildman–Crippen LogP) is 4.72. The molecular weight excluding hydrogens is 430 g/mol. The predicted molar refractivity (Wildman–Crippen MR) is 126 cm³/mol. The van der Waals surface area contributed by atoms with Crippen LogP contribution in [0.25, 0.3) is 5.69 Å². The van der Waals surface area contributed by atoms with Gasteiger partial charge in [-0.25, -0.2) is 0 Å². The number of anilines is 1. The zero-order valence-electron chi connectivity index (χ0n) is 18.9. The minimum atomic E-state index is -0.341. The van der Waals surface area contributed by atoms with E-state index in [4.69, 9.17) is 21.1 Å². The van der Waals surface area contributed by atoms with Crippen LogP contribution in [0, 0.1) is 13.8 Å². The third kappa shape index (κ3) is 4.43. The highest BCUT2D eigenvalue weighted by molar-refractivity contribution is 6.30. The molecule has 0 aliphatic heterocycles. The number of nitrogens with zero attached hydrogens (tertiary/aromatic N) is 2. The average Bonchev–Trinajstić information content (AvgIpc) is 3.06. The van der Waals surface area contributed by atoms with E-state index in [1.165, 1.54) is 19.1 Å². The van der Waals surface area contributed by atoms with Crippen molar-refractivity contribution >= 4 is 29.1 Å². The molecule has 7 nitrogen and oxygen atoms in total. The second kappa shape index (κ2) is 9.36. The minimum absolute atomic E-state index is 0.273. The average molecular weight is 456 g/mol. The molecule has 2 aromatic carbocycles. The Morgan fingerprint density at radius 2 is 1.62 bits per heavy atom. The van der Waals surface area contributed by atoms with Gasteiger partial charge in [-0.3, -0.25) is 9.59 Å². The molecule has 2 amide bonds. The first-order chi connectivity index (χ1) is 15.2. The Morgan fingerprint density at radius 3 is 2.22 bits per heavy atom. The summed E-state index contributed by atoms with van der Waals surface area (Å²) < 4.78 is 12.6. The highest BCUT2D eigenvalue weighted by Crippen LogP contribution is 2.34. The standard InChI is InChI=1S/C24H26ClN3O4/c1-14-10-18(15(2)28(14)17-9-7-8-16(25)11-17)23(29)26-20-13-22(32-6)21(31-5)12-19(20)24(30)27(3)4/h7-13H,1-6H3,(H,26,29). The maximum absolute atomic E-state index is 13.3. The summed E-state index contributed by atoms with van der Waals surface area (Å²) in [7, 11) is 6.27. The number of aryl methyl sites for hydroxylation is 1. The SMILES string of the molecule is COc1cc(NC(=O)c2cc(C)n(-c3cccc(Cl)c3)c2C)c(C(=O)N(C)C)cc1OC. The number of rotatable bonds is 6. The van der Waals surface area contributed by atoms with E-state index in [-0.39, 0.29) is 11.8 Å². The van der Waals surface area contributed by atoms with Gasteiger partial charge in [-0.1, -0.05) is 17.7 Å². The molecule has 0 aliphatic rings. The Hall–Kier alpha value is -3.45. The first kappa shape index (κ1) is 23.2. The van der Waals surface area contributed by atoms with E-state index in [0.717, 1.165) is 17.1 Å². The molecule has 1 N–H and O–H groups in total. The zero-order chi connectivity index (χ0) is 23.6. The maximum atomic E-state index is 13.3. The number of amides is 2. The van der Waals surface area contributed by atoms with Gasteiger partial charge in [0, 0.05) is 42.3 Å². The van der Waals surface area contributed by atoms with E-state index in [2.05, 4.69) is 5.32 Å². The van der Waals surface area contributed by atoms with Crippen LogP contribution in [0.3, 0.4) is 0 Å². The summed E-state index contributed by atoms with van der Waals surface area (Å²) in [6, 6.07) is 12.4. The van der Waals surface area contributed by atoms with Crippen molar-refractivity contribution in [1.29, 1.82) is 0 Å². The van der Waals surface area contributed by atoms with Crippen LogP contribution >= 0.6 is 11.6 Å². The maximum Gasteiger partial charge on any atom is 0.257 e.